The van der Waals surface area contributed by atoms with Crippen LogP contribution >= 0.6 is 0 Å². The highest BCUT2D eigenvalue weighted by Crippen LogP contribution is 2.20. The highest BCUT2D eigenvalue weighted by Gasteiger charge is 2.05. The summed E-state index contributed by atoms with van der Waals surface area (Å²) in [6, 6.07) is 13.6. The molecule has 0 spiro atoms. The third kappa shape index (κ3) is 4.84. The lowest BCUT2D eigenvalue weighted by atomic mass is 10.1. The van der Waals surface area contributed by atoms with Gasteiger partial charge in [-0.15, -0.1) is 0 Å². The van der Waals surface area contributed by atoms with Gasteiger partial charge in [0.15, 0.2) is 6.61 Å². The number of rotatable bonds is 6. The molecule has 0 aliphatic heterocycles. The zero-order valence-electron chi connectivity index (χ0n) is 14.5. The number of carbonyl (C=O) groups excluding carboxylic acids is 1. The molecular weight excluding hydrogens is 302 g/mol. The van der Waals surface area contributed by atoms with Crippen LogP contribution in [0, 0.1) is 13.8 Å². The number of benzene rings is 2. The van der Waals surface area contributed by atoms with Crippen molar-refractivity contribution in [2.45, 2.75) is 13.8 Å². The van der Waals surface area contributed by atoms with Gasteiger partial charge in [0.05, 0.1) is 6.21 Å². The molecule has 0 aromatic heterocycles. The van der Waals surface area contributed by atoms with E-state index in [0.717, 1.165) is 22.4 Å². The van der Waals surface area contributed by atoms with E-state index in [0.29, 0.717) is 5.75 Å². The van der Waals surface area contributed by atoms with Crippen molar-refractivity contribution in [3.8, 4) is 5.75 Å². The average molecular weight is 325 g/mol. The Balaban J connectivity index is 1.83. The first-order valence-electron chi connectivity index (χ1n) is 7.75. The van der Waals surface area contributed by atoms with Gasteiger partial charge < -0.3 is 9.64 Å². The minimum Gasteiger partial charge on any atom is -0.483 e. The lowest BCUT2D eigenvalue weighted by Gasteiger charge is -2.11. The van der Waals surface area contributed by atoms with Gasteiger partial charge in [0.25, 0.3) is 5.91 Å². The first kappa shape index (κ1) is 17.5. The van der Waals surface area contributed by atoms with E-state index in [9.17, 15) is 4.79 Å². The molecule has 2 aromatic rings. The van der Waals surface area contributed by atoms with Crippen molar-refractivity contribution < 1.29 is 9.53 Å². The maximum absolute atomic E-state index is 11.8. The first-order valence-corrected chi connectivity index (χ1v) is 7.75. The molecule has 126 valence electrons. The second-order valence-corrected chi connectivity index (χ2v) is 5.77. The Labute approximate surface area is 142 Å². The molecule has 24 heavy (non-hydrogen) atoms. The molecule has 1 N–H and O–H groups in total. The number of aryl methyl sites for hydroxylation is 1. The van der Waals surface area contributed by atoms with E-state index in [2.05, 4.69) is 10.5 Å². The van der Waals surface area contributed by atoms with Gasteiger partial charge in [-0.1, -0.05) is 24.3 Å². The standard InChI is InChI=1S/C19H23N3O2/c1-14-6-5-7-18(15(14)2)24-13-19(23)21-20-12-16-8-10-17(11-9-16)22(3)4/h5-12H,13H2,1-4H3,(H,21,23). The van der Waals surface area contributed by atoms with Crippen molar-refractivity contribution in [2.75, 3.05) is 25.6 Å². The van der Waals surface area contributed by atoms with E-state index >= 15 is 0 Å². The third-order valence-electron chi connectivity index (χ3n) is 3.73. The van der Waals surface area contributed by atoms with Gasteiger partial charge in [0.2, 0.25) is 0 Å². The number of hydrazone groups is 1. The molecular formula is C19H23N3O2. The highest BCUT2D eigenvalue weighted by atomic mass is 16.5. The molecule has 0 saturated heterocycles. The molecule has 2 aromatic carbocycles. The quantitative estimate of drug-likeness (QED) is 0.656. The van der Waals surface area contributed by atoms with Crippen LogP contribution in [-0.2, 0) is 4.79 Å². The summed E-state index contributed by atoms with van der Waals surface area (Å²) in [7, 11) is 3.97. The lowest BCUT2D eigenvalue weighted by molar-refractivity contribution is -0.123. The van der Waals surface area contributed by atoms with Crippen LogP contribution < -0.4 is 15.1 Å². The molecule has 0 bridgehead atoms. The first-order chi connectivity index (χ1) is 11.5. The zero-order chi connectivity index (χ0) is 17.5. The molecule has 2 rings (SSSR count). The number of hydrogen-bond acceptors (Lipinski definition) is 4. The summed E-state index contributed by atoms with van der Waals surface area (Å²) >= 11 is 0. The molecule has 0 saturated carbocycles. The normalized spacial score (nSPS) is 10.7. The number of amides is 1. The molecule has 0 atom stereocenters. The molecule has 0 radical (unpaired) electrons. The topological polar surface area (TPSA) is 53.9 Å². The molecule has 0 aliphatic carbocycles. The molecule has 0 aliphatic rings. The van der Waals surface area contributed by atoms with E-state index in [1.54, 1.807) is 6.21 Å². The fraction of sp³-hybridized carbons (Fsp3) is 0.263. The van der Waals surface area contributed by atoms with Crippen molar-refractivity contribution >= 4 is 17.8 Å². The Hall–Kier alpha value is -2.82. The number of hydrogen-bond donors (Lipinski definition) is 1. The molecule has 5 nitrogen and oxygen atoms in total. The molecule has 0 unspecified atom stereocenters. The van der Waals surface area contributed by atoms with Gasteiger partial charge >= 0.3 is 0 Å². The summed E-state index contributed by atoms with van der Waals surface area (Å²) in [6.07, 6.45) is 1.61. The number of ether oxygens (including phenoxy) is 1. The molecule has 1 amide bonds. The Morgan fingerprint density at radius 2 is 1.88 bits per heavy atom. The molecule has 5 heteroatoms. The van der Waals surface area contributed by atoms with Gasteiger partial charge in [-0.25, -0.2) is 5.43 Å². The van der Waals surface area contributed by atoms with Crippen LogP contribution in [0.5, 0.6) is 5.75 Å². The number of nitrogens with one attached hydrogen (secondary N) is 1. The Morgan fingerprint density at radius 1 is 1.17 bits per heavy atom. The van der Waals surface area contributed by atoms with Crippen molar-refractivity contribution in [3.05, 3.63) is 59.2 Å². The average Bonchev–Trinajstić information content (AvgIpc) is 2.56. The number of nitrogens with zero attached hydrogens (tertiary/aromatic N) is 2. The zero-order valence-corrected chi connectivity index (χ0v) is 14.5. The minimum atomic E-state index is -0.294. The van der Waals surface area contributed by atoms with Gasteiger partial charge in [-0.3, -0.25) is 4.79 Å². The van der Waals surface area contributed by atoms with Crippen LogP contribution in [0.4, 0.5) is 5.69 Å². The number of carbonyl (C=O) groups is 1. The van der Waals surface area contributed by atoms with Crippen LogP contribution in [0.15, 0.2) is 47.6 Å². The molecule has 0 heterocycles. The predicted molar refractivity (Wildman–Crippen MR) is 97.9 cm³/mol. The van der Waals surface area contributed by atoms with E-state index < -0.39 is 0 Å². The van der Waals surface area contributed by atoms with Gasteiger partial charge in [0, 0.05) is 19.8 Å². The van der Waals surface area contributed by atoms with Gasteiger partial charge in [-0.2, -0.15) is 5.10 Å². The lowest BCUT2D eigenvalue weighted by Crippen LogP contribution is -2.24. The smallest absolute Gasteiger partial charge is 0.277 e. The van der Waals surface area contributed by atoms with Crippen molar-refractivity contribution in [1.82, 2.24) is 5.43 Å². The number of anilines is 1. The maximum atomic E-state index is 11.8. The summed E-state index contributed by atoms with van der Waals surface area (Å²) < 4.78 is 5.53. The van der Waals surface area contributed by atoms with Crippen LogP contribution in [-0.4, -0.2) is 32.8 Å². The SMILES string of the molecule is Cc1cccc(OCC(=O)NN=Cc2ccc(N(C)C)cc2)c1C. The summed E-state index contributed by atoms with van der Waals surface area (Å²) in [5.41, 5.74) is 6.66. The van der Waals surface area contributed by atoms with Crippen LogP contribution in [0.3, 0.4) is 0 Å². The summed E-state index contributed by atoms with van der Waals surface area (Å²) in [6.45, 7) is 3.91. The predicted octanol–water partition coefficient (Wildman–Crippen LogP) is 2.90. The van der Waals surface area contributed by atoms with Crippen LogP contribution in [0.25, 0.3) is 0 Å². The summed E-state index contributed by atoms with van der Waals surface area (Å²) in [5.74, 6) is 0.422. The summed E-state index contributed by atoms with van der Waals surface area (Å²) in [4.78, 5) is 13.8. The Bertz CT molecular complexity index is 722. The summed E-state index contributed by atoms with van der Waals surface area (Å²) in [5, 5.41) is 3.95. The van der Waals surface area contributed by atoms with E-state index in [4.69, 9.17) is 4.74 Å². The highest BCUT2D eigenvalue weighted by molar-refractivity contribution is 5.83. The monoisotopic (exact) mass is 325 g/mol. The fourth-order valence-corrected chi connectivity index (χ4v) is 2.09. The van der Waals surface area contributed by atoms with E-state index in [-0.39, 0.29) is 12.5 Å². The third-order valence-corrected chi connectivity index (χ3v) is 3.73. The van der Waals surface area contributed by atoms with Gasteiger partial charge in [0.1, 0.15) is 5.75 Å². The largest absolute Gasteiger partial charge is 0.483 e. The van der Waals surface area contributed by atoms with Gasteiger partial charge in [-0.05, 0) is 48.7 Å². The van der Waals surface area contributed by atoms with Crippen molar-refractivity contribution in [1.29, 1.82) is 0 Å². The van der Waals surface area contributed by atoms with Crippen LogP contribution in [0.1, 0.15) is 16.7 Å². The minimum absolute atomic E-state index is 0.0683. The Morgan fingerprint density at radius 3 is 2.54 bits per heavy atom. The molecule has 0 fully saturated rings. The second-order valence-electron chi connectivity index (χ2n) is 5.77. The van der Waals surface area contributed by atoms with E-state index in [1.165, 1.54) is 0 Å². The van der Waals surface area contributed by atoms with Crippen LogP contribution in [0.2, 0.25) is 0 Å². The second kappa shape index (κ2) is 8.15. The maximum Gasteiger partial charge on any atom is 0.277 e. The Kier molecular flexibility index (Phi) is 5.95. The van der Waals surface area contributed by atoms with Crippen molar-refractivity contribution in [3.63, 3.8) is 0 Å². The fourth-order valence-electron chi connectivity index (χ4n) is 2.09. The van der Waals surface area contributed by atoms with E-state index in [1.807, 2.05) is 75.3 Å². The van der Waals surface area contributed by atoms with Crippen molar-refractivity contribution in [2.24, 2.45) is 5.10 Å².